The molecule has 108 valence electrons. The molecule has 2 fully saturated rings. The van der Waals surface area contributed by atoms with Crippen LogP contribution in [0.25, 0.3) is 0 Å². The summed E-state index contributed by atoms with van der Waals surface area (Å²) >= 11 is 0. The van der Waals surface area contributed by atoms with E-state index in [2.05, 4.69) is 5.32 Å². The quantitative estimate of drug-likeness (QED) is 0.788. The number of fused-ring (bicyclic) bond motifs is 2. The fraction of sp³-hybridized carbons (Fsp3) is 0.533. The number of hydrogen-bond donors (Lipinski definition) is 3. The number of aliphatic hydroxyl groups excluding tert-OH is 1. The molecule has 0 radical (unpaired) electrons. The average molecular weight is 279 g/mol. The van der Waals surface area contributed by atoms with Gasteiger partial charge in [-0.3, -0.25) is 4.79 Å². The van der Waals surface area contributed by atoms with Gasteiger partial charge in [-0.15, -0.1) is 0 Å². The maximum Gasteiger partial charge on any atom is 0.258 e. The number of carbonyl (C=O) groups excluding carboxylic acids is 1. The molecule has 20 heavy (non-hydrogen) atoms. The van der Waals surface area contributed by atoms with Crippen LogP contribution < -0.4 is 5.32 Å². The summed E-state index contributed by atoms with van der Waals surface area (Å²) in [4.78, 5) is 12.2. The van der Waals surface area contributed by atoms with Crippen molar-refractivity contribution >= 4 is 5.91 Å². The van der Waals surface area contributed by atoms with E-state index < -0.39 is 11.7 Å². The zero-order valence-electron chi connectivity index (χ0n) is 11.1. The van der Waals surface area contributed by atoms with Crippen LogP contribution in [0.5, 0.6) is 5.75 Å². The topological polar surface area (TPSA) is 69.6 Å². The van der Waals surface area contributed by atoms with Crippen LogP contribution in [-0.2, 0) is 0 Å². The first-order valence-corrected chi connectivity index (χ1v) is 7.01. The second kappa shape index (κ2) is 5.05. The Balaban J connectivity index is 1.79. The molecular formula is C15H18FNO3. The third-order valence-electron chi connectivity index (χ3n) is 4.82. The smallest absolute Gasteiger partial charge is 0.258 e. The van der Waals surface area contributed by atoms with E-state index in [-0.39, 0.29) is 29.9 Å². The molecule has 4 atom stereocenters. The Bertz CT molecular complexity index is 514. The van der Waals surface area contributed by atoms with Crippen molar-refractivity contribution in [3.8, 4) is 5.75 Å². The lowest BCUT2D eigenvalue weighted by Crippen LogP contribution is -2.45. The van der Waals surface area contributed by atoms with Crippen molar-refractivity contribution in [3.63, 3.8) is 0 Å². The van der Waals surface area contributed by atoms with E-state index >= 15 is 0 Å². The van der Waals surface area contributed by atoms with Gasteiger partial charge in [0.1, 0.15) is 17.1 Å². The second-order valence-electron chi connectivity index (χ2n) is 5.81. The molecule has 3 rings (SSSR count). The molecule has 2 saturated carbocycles. The number of amides is 1. The van der Waals surface area contributed by atoms with E-state index in [0.29, 0.717) is 11.8 Å². The van der Waals surface area contributed by atoms with Crippen LogP contribution in [0.3, 0.4) is 0 Å². The van der Waals surface area contributed by atoms with Crippen LogP contribution in [0.1, 0.15) is 29.6 Å². The number of phenolic OH excluding ortho intramolecular Hbond substituents is 1. The van der Waals surface area contributed by atoms with Gasteiger partial charge in [-0.2, -0.15) is 0 Å². The molecule has 0 aromatic heterocycles. The minimum absolute atomic E-state index is 0.0371. The number of aliphatic hydroxyl groups is 1. The third kappa shape index (κ3) is 2.06. The fourth-order valence-electron chi connectivity index (χ4n) is 3.86. The number of halogens is 1. The van der Waals surface area contributed by atoms with Gasteiger partial charge >= 0.3 is 0 Å². The van der Waals surface area contributed by atoms with Crippen LogP contribution in [0.4, 0.5) is 4.39 Å². The summed E-state index contributed by atoms with van der Waals surface area (Å²) in [5.74, 6) is -0.833. The number of benzene rings is 1. The van der Waals surface area contributed by atoms with E-state index in [9.17, 15) is 19.4 Å². The van der Waals surface area contributed by atoms with Gasteiger partial charge in [-0.25, -0.2) is 4.39 Å². The average Bonchev–Trinajstić information content (AvgIpc) is 2.99. The van der Waals surface area contributed by atoms with Crippen molar-refractivity contribution in [3.05, 3.63) is 29.6 Å². The number of rotatable bonds is 3. The lowest BCUT2D eigenvalue weighted by Gasteiger charge is -2.30. The number of carbonyl (C=O) groups is 1. The highest BCUT2D eigenvalue weighted by Gasteiger charge is 2.47. The predicted octanol–water partition coefficient (Wildman–Crippen LogP) is 1.67. The van der Waals surface area contributed by atoms with E-state index in [1.807, 2.05) is 0 Å². The van der Waals surface area contributed by atoms with Crippen molar-refractivity contribution in [2.45, 2.75) is 25.3 Å². The van der Waals surface area contributed by atoms with E-state index in [0.717, 1.165) is 25.3 Å². The molecule has 1 aromatic carbocycles. The van der Waals surface area contributed by atoms with Gasteiger partial charge < -0.3 is 15.5 Å². The zero-order chi connectivity index (χ0) is 14.3. The lowest BCUT2D eigenvalue weighted by atomic mass is 9.85. The van der Waals surface area contributed by atoms with Crippen molar-refractivity contribution in [2.75, 3.05) is 6.61 Å². The first kappa shape index (κ1) is 13.4. The highest BCUT2D eigenvalue weighted by Crippen LogP contribution is 2.48. The Morgan fingerprint density at radius 1 is 1.35 bits per heavy atom. The minimum atomic E-state index is -0.730. The molecule has 0 saturated heterocycles. The zero-order valence-corrected chi connectivity index (χ0v) is 11.1. The molecule has 2 aliphatic carbocycles. The first-order valence-electron chi connectivity index (χ1n) is 7.01. The molecular weight excluding hydrogens is 261 g/mol. The molecule has 0 unspecified atom stereocenters. The summed E-state index contributed by atoms with van der Waals surface area (Å²) in [5, 5.41) is 21.9. The van der Waals surface area contributed by atoms with Gasteiger partial charge in [-0.05, 0) is 43.2 Å². The molecule has 1 amide bonds. The summed E-state index contributed by atoms with van der Waals surface area (Å²) in [7, 11) is 0. The van der Waals surface area contributed by atoms with Crippen molar-refractivity contribution in [1.82, 2.24) is 5.32 Å². The van der Waals surface area contributed by atoms with E-state index in [4.69, 9.17) is 0 Å². The van der Waals surface area contributed by atoms with E-state index in [1.54, 1.807) is 0 Å². The summed E-state index contributed by atoms with van der Waals surface area (Å²) in [6.45, 7) is 0.0371. The fourth-order valence-corrected chi connectivity index (χ4v) is 3.86. The summed E-state index contributed by atoms with van der Waals surface area (Å²) in [6, 6.07) is 3.68. The maximum atomic E-state index is 13.7. The molecule has 5 heteroatoms. The van der Waals surface area contributed by atoms with Gasteiger partial charge in [0.2, 0.25) is 0 Å². The SMILES string of the molecule is O=C(N[C@@H]1[C@H]2CC[C@@H](C2)[C@H]1CO)c1c(O)cccc1F. The molecule has 3 N–H and O–H groups in total. The molecule has 4 nitrogen and oxygen atoms in total. The predicted molar refractivity (Wildman–Crippen MR) is 70.7 cm³/mol. The van der Waals surface area contributed by atoms with E-state index in [1.165, 1.54) is 12.1 Å². The van der Waals surface area contributed by atoms with Gasteiger partial charge in [0.25, 0.3) is 5.91 Å². The molecule has 0 spiro atoms. The monoisotopic (exact) mass is 279 g/mol. The highest BCUT2D eigenvalue weighted by atomic mass is 19.1. The van der Waals surface area contributed by atoms with Crippen molar-refractivity contribution in [1.29, 1.82) is 0 Å². The molecule has 2 aliphatic rings. The largest absolute Gasteiger partial charge is 0.507 e. The Morgan fingerprint density at radius 3 is 2.80 bits per heavy atom. The number of aromatic hydroxyl groups is 1. The number of nitrogens with one attached hydrogen (secondary N) is 1. The van der Waals surface area contributed by atoms with Gasteiger partial charge in [-0.1, -0.05) is 6.07 Å². The third-order valence-corrected chi connectivity index (χ3v) is 4.82. The van der Waals surface area contributed by atoms with Crippen LogP contribution >= 0.6 is 0 Å². The van der Waals surface area contributed by atoms with Crippen LogP contribution in [0, 0.1) is 23.6 Å². The first-order chi connectivity index (χ1) is 9.61. The molecule has 2 bridgehead atoms. The number of phenols is 1. The Labute approximate surface area is 116 Å². The second-order valence-corrected chi connectivity index (χ2v) is 5.81. The normalized spacial score (nSPS) is 31.5. The van der Waals surface area contributed by atoms with Crippen LogP contribution in [0.15, 0.2) is 18.2 Å². The van der Waals surface area contributed by atoms with Crippen molar-refractivity contribution in [2.24, 2.45) is 17.8 Å². The van der Waals surface area contributed by atoms with Gasteiger partial charge in [0.05, 0.1) is 0 Å². The lowest BCUT2D eigenvalue weighted by molar-refractivity contribution is 0.0855. The van der Waals surface area contributed by atoms with Gasteiger partial charge in [0, 0.05) is 18.6 Å². The molecule has 1 aromatic rings. The Kier molecular flexibility index (Phi) is 3.38. The maximum absolute atomic E-state index is 13.7. The Hall–Kier alpha value is -1.62. The highest BCUT2D eigenvalue weighted by molar-refractivity contribution is 5.97. The van der Waals surface area contributed by atoms with Crippen LogP contribution in [-0.4, -0.2) is 28.8 Å². The summed E-state index contributed by atoms with van der Waals surface area (Å²) in [5.41, 5.74) is -0.313. The minimum Gasteiger partial charge on any atom is -0.507 e. The standard InChI is InChI=1S/C15H18FNO3/c16-11-2-1-3-12(19)13(11)15(20)17-14-9-5-4-8(6-9)10(14)7-18/h1-3,8-10,14,18-19H,4-7H2,(H,17,20)/t8-,9-,10+,14+/m0/s1. The van der Waals surface area contributed by atoms with Gasteiger partial charge in [0.15, 0.2) is 0 Å². The summed E-state index contributed by atoms with van der Waals surface area (Å²) in [6.07, 6.45) is 3.14. The molecule has 0 aliphatic heterocycles. The number of hydrogen-bond acceptors (Lipinski definition) is 3. The van der Waals surface area contributed by atoms with Crippen LogP contribution in [0.2, 0.25) is 0 Å². The molecule has 0 heterocycles. The summed E-state index contributed by atoms with van der Waals surface area (Å²) < 4.78 is 13.7. The van der Waals surface area contributed by atoms with Crippen molar-refractivity contribution < 1.29 is 19.4 Å². The Morgan fingerprint density at radius 2 is 2.10 bits per heavy atom.